The van der Waals surface area contributed by atoms with Gasteiger partial charge in [0.1, 0.15) is 11.6 Å². The monoisotopic (exact) mass is 590 g/mol. The van der Waals surface area contributed by atoms with Gasteiger partial charge in [-0.05, 0) is 65.1 Å². The summed E-state index contributed by atoms with van der Waals surface area (Å²) in [4.78, 5) is 13.0. The van der Waals surface area contributed by atoms with Crippen LogP contribution in [0.25, 0.3) is 11.1 Å². The summed E-state index contributed by atoms with van der Waals surface area (Å²) < 4.78 is 34.4. The fourth-order valence-corrected chi connectivity index (χ4v) is 5.41. The minimum absolute atomic E-state index is 0.0673. The van der Waals surface area contributed by atoms with E-state index in [0.29, 0.717) is 18.8 Å². The van der Waals surface area contributed by atoms with Crippen molar-refractivity contribution in [2.24, 2.45) is 0 Å². The van der Waals surface area contributed by atoms with Crippen LogP contribution in [0, 0.1) is 0 Å². The highest BCUT2D eigenvalue weighted by atomic mass is 32.2. The molecule has 0 unspecified atom stereocenters. The molecule has 4 rings (SSSR count). The lowest BCUT2D eigenvalue weighted by atomic mass is 9.87. The molecule has 1 aromatic heterocycles. The maximum atomic E-state index is 13.0. The molecule has 0 atom stereocenters. The first-order valence-electron chi connectivity index (χ1n) is 14.3. The Balaban J connectivity index is 1.40. The number of methoxy groups -OCH3 is 1. The number of rotatable bonds is 12. The zero-order valence-corrected chi connectivity index (χ0v) is 26.3. The number of ether oxygens (including phenoxy) is 1. The summed E-state index contributed by atoms with van der Waals surface area (Å²) in [5, 5.41) is 4.70. The summed E-state index contributed by atoms with van der Waals surface area (Å²) >= 11 is 0. The van der Waals surface area contributed by atoms with E-state index < -0.39 is 10.0 Å². The molecule has 8 nitrogen and oxygen atoms in total. The third-order valence-electron chi connectivity index (χ3n) is 7.43. The SMILES string of the molecule is CCn1c(CCCc2ccc(-c3ccc(OC)c(CNS(C)(=O)=O)c3)cc2)nn(Cc2ccc(C(C)(C)C)cc2)c1=O. The second kappa shape index (κ2) is 13.1. The minimum Gasteiger partial charge on any atom is -0.496 e. The van der Waals surface area contributed by atoms with Crippen LogP contribution in [0.15, 0.2) is 71.5 Å². The Labute approximate surface area is 249 Å². The fourth-order valence-electron chi connectivity index (χ4n) is 4.99. The largest absolute Gasteiger partial charge is 0.496 e. The highest BCUT2D eigenvalue weighted by Gasteiger charge is 2.15. The molecule has 0 amide bonds. The molecule has 42 heavy (non-hydrogen) atoms. The van der Waals surface area contributed by atoms with Crippen LogP contribution in [0.5, 0.6) is 5.75 Å². The summed E-state index contributed by atoms with van der Waals surface area (Å²) in [6.45, 7) is 9.77. The number of benzene rings is 3. The van der Waals surface area contributed by atoms with Crippen molar-refractivity contribution in [2.45, 2.75) is 72.0 Å². The van der Waals surface area contributed by atoms with E-state index in [1.165, 1.54) is 11.1 Å². The Hall–Kier alpha value is -3.69. The van der Waals surface area contributed by atoms with Crippen molar-refractivity contribution < 1.29 is 13.2 Å². The molecule has 0 aliphatic carbocycles. The summed E-state index contributed by atoms with van der Waals surface area (Å²) in [6.07, 6.45) is 3.60. The van der Waals surface area contributed by atoms with Crippen LogP contribution in [0.2, 0.25) is 0 Å². The smallest absolute Gasteiger partial charge is 0.346 e. The number of nitrogens with one attached hydrogen (secondary N) is 1. The molecule has 1 N–H and O–H groups in total. The first-order chi connectivity index (χ1) is 19.9. The molecular weight excluding hydrogens is 548 g/mol. The lowest BCUT2D eigenvalue weighted by Crippen LogP contribution is -2.25. The van der Waals surface area contributed by atoms with Crippen molar-refractivity contribution >= 4 is 10.0 Å². The first-order valence-corrected chi connectivity index (χ1v) is 16.2. The van der Waals surface area contributed by atoms with Gasteiger partial charge in [-0.1, -0.05) is 75.4 Å². The van der Waals surface area contributed by atoms with E-state index in [1.54, 1.807) is 16.4 Å². The van der Waals surface area contributed by atoms with Gasteiger partial charge < -0.3 is 4.74 Å². The average molecular weight is 591 g/mol. The molecule has 0 spiro atoms. The molecule has 0 fully saturated rings. The van der Waals surface area contributed by atoms with E-state index >= 15 is 0 Å². The van der Waals surface area contributed by atoms with Crippen molar-refractivity contribution in [1.29, 1.82) is 0 Å². The molecular formula is C33H42N4O4S. The standard InChI is InChI=1S/C33H42N4O4S/c1-7-36-31(35-37(32(36)38)23-25-13-18-29(19-14-25)33(2,3)4)10-8-9-24-11-15-26(16-12-24)27-17-20-30(41-5)28(21-27)22-34-42(6,39)40/h11-21,34H,7-10,22-23H2,1-6H3. The Kier molecular flexibility index (Phi) is 9.74. The lowest BCUT2D eigenvalue weighted by Gasteiger charge is -2.19. The highest BCUT2D eigenvalue weighted by molar-refractivity contribution is 7.88. The summed E-state index contributed by atoms with van der Waals surface area (Å²) in [7, 11) is -1.74. The van der Waals surface area contributed by atoms with E-state index in [1.807, 2.05) is 25.1 Å². The minimum atomic E-state index is -3.32. The van der Waals surface area contributed by atoms with Crippen molar-refractivity contribution in [3.8, 4) is 16.9 Å². The predicted molar refractivity (Wildman–Crippen MR) is 169 cm³/mol. The highest BCUT2D eigenvalue weighted by Crippen LogP contribution is 2.27. The van der Waals surface area contributed by atoms with Gasteiger partial charge >= 0.3 is 5.69 Å². The number of hydrogen-bond donors (Lipinski definition) is 1. The van der Waals surface area contributed by atoms with Crippen molar-refractivity contribution in [3.63, 3.8) is 0 Å². The third kappa shape index (κ3) is 7.98. The lowest BCUT2D eigenvalue weighted by molar-refractivity contribution is 0.409. The number of aryl methyl sites for hydroxylation is 2. The van der Waals surface area contributed by atoms with E-state index in [-0.39, 0.29) is 17.6 Å². The quantitative estimate of drug-likeness (QED) is 0.241. The summed E-state index contributed by atoms with van der Waals surface area (Å²) in [5.74, 6) is 1.46. The maximum Gasteiger partial charge on any atom is 0.346 e. The maximum absolute atomic E-state index is 13.0. The normalized spacial score (nSPS) is 12.0. The van der Waals surface area contributed by atoms with Crippen LogP contribution >= 0.6 is 0 Å². The fraction of sp³-hybridized carbons (Fsp3) is 0.394. The Morgan fingerprint density at radius 1 is 0.905 bits per heavy atom. The Morgan fingerprint density at radius 2 is 1.55 bits per heavy atom. The Bertz CT molecular complexity index is 1660. The Morgan fingerprint density at radius 3 is 2.14 bits per heavy atom. The van der Waals surface area contributed by atoms with Gasteiger partial charge in [0.2, 0.25) is 10.0 Å². The van der Waals surface area contributed by atoms with Gasteiger partial charge in [-0.15, -0.1) is 0 Å². The van der Waals surface area contributed by atoms with Gasteiger partial charge in [-0.3, -0.25) is 4.57 Å². The van der Waals surface area contributed by atoms with Crippen molar-refractivity contribution in [2.75, 3.05) is 13.4 Å². The van der Waals surface area contributed by atoms with Crippen LogP contribution < -0.4 is 15.1 Å². The zero-order valence-electron chi connectivity index (χ0n) is 25.5. The third-order valence-corrected chi connectivity index (χ3v) is 8.09. The number of sulfonamides is 1. The number of nitrogens with zero attached hydrogens (tertiary/aromatic N) is 3. The summed E-state index contributed by atoms with van der Waals surface area (Å²) in [6, 6.07) is 22.6. The van der Waals surface area contributed by atoms with E-state index in [0.717, 1.165) is 53.6 Å². The second-order valence-electron chi connectivity index (χ2n) is 11.7. The van der Waals surface area contributed by atoms with Gasteiger partial charge in [-0.25, -0.2) is 22.6 Å². The van der Waals surface area contributed by atoms with E-state index in [2.05, 4.69) is 74.0 Å². The topological polar surface area (TPSA) is 95.2 Å². The van der Waals surface area contributed by atoms with E-state index in [4.69, 9.17) is 9.84 Å². The number of hydrogen-bond acceptors (Lipinski definition) is 5. The zero-order chi connectivity index (χ0) is 30.5. The van der Waals surface area contributed by atoms with Gasteiger partial charge in [0.05, 0.1) is 19.9 Å². The molecule has 9 heteroatoms. The molecule has 0 saturated heterocycles. The number of aromatic nitrogens is 3. The van der Waals surface area contributed by atoms with Crippen LogP contribution in [-0.4, -0.2) is 36.1 Å². The van der Waals surface area contributed by atoms with Crippen LogP contribution in [0.4, 0.5) is 0 Å². The predicted octanol–water partition coefficient (Wildman–Crippen LogP) is 5.31. The molecule has 224 valence electrons. The molecule has 0 bridgehead atoms. The van der Waals surface area contributed by atoms with E-state index in [9.17, 15) is 13.2 Å². The second-order valence-corrected chi connectivity index (χ2v) is 13.6. The average Bonchev–Trinajstić information content (AvgIpc) is 3.25. The van der Waals surface area contributed by atoms with Crippen molar-refractivity contribution in [3.05, 3.63) is 105 Å². The molecule has 3 aromatic carbocycles. The molecule has 1 heterocycles. The van der Waals surface area contributed by atoms with Crippen molar-refractivity contribution in [1.82, 2.24) is 19.1 Å². The van der Waals surface area contributed by atoms with Gasteiger partial charge in [0.15, 0.2) is 0 Å². The van der Waals surface area contributed by atoms with Gasteiger partial charge in [-0.2, -0.15) is 5.10 Å². The summed E-state index contributed by atoms with van der Waals surface area (Å²) in [5.41, 5.74) is 6.35. The molecule has 0 saturated carbocycles. The van der Waals surface area contributed by atoms with Gasteiger partial charge in [0, 0.05) is 25.1 Å². The van der Waals surface area contributed by atoms with Crippen LogP contribution in [0.1, 0.15) is 62.2 Å². The molecule has 0 aliphatic heterocycles. The molecule has 4 aromatic rings. The van der Waals surface area contributed by atoms with Crippen LogP contribution in [-0.2, 0) is 47.9 Å². The molecule has 0 aliphatic rings. The van der Waals surface area contributed by atoms with Gasteiger partial charge in [0.25, 0.3) is 0 Å². The van der Waals surface area contributed by atoms with Crippen LogP contribution in [0.3, 0.4) is 0 Å². The first kappa shape index (κ1) is 31.3. The molecule has 0 radical (unpaired) electrons.